The van der Waals surface area contributed by atoms with Crippen molar-refractivity contribution in [3.8, 4) is 5.75 Å². The molecule has 3 heteroatoms. The Hall–Kier alpha value is -1.32. The van der Waals surface area contributed by atoms with E-state index < -0.39 is 0 Å². The van der Waals surface area contributed by atoms with Crippen LogP contribution in [0, 0.1) is 6.92 Å². The van der Waals surface area contributed by atoms with Gasteiger partial charge in [-0.3, -0.25) is 0 Å². The molecule has 17 heavy (non-hydrogen) atoms. The van der Waals surface area contributed by atoms with E-state index in [-0.39, 0.29) is 0 Å². The lowest BCUT2D eigenvalue weighted by Gasteiger charge is -2.20. The van der Waals surface area contributed by atoms with Crippen molar-refractivity contribution in [1.82, 2.24) is 5.32 Å². The highest BCUT2D eigenvalue weighted by Crippen LogP contribution is 2.21. The van der Waals surface area contributed by atoms with E-state index >= 15 is 0 Å². The lowest BCUT2D eigenvalue weighted by molar-refractivity contribution is 0.0903. The van der Waals surface area contributed by atoms with Gasteiger partial charge in [0.15, 0.2) is 0 Å². The Morgan fingerprint density at radius 1 is 1.47 bits per heavy atom. The first-order valence-electron chi connectivity index (χ1n) is 5.93. The summed E-state index contributed by atoms with van der Waals surface area (Å²) in [6.07, 6.45) is 4.23. The molecule has 92 valence electrons. The monoisotopic (exact) mass is 233 g/mol. The largest absolute Gasteiger partial charge is 0.496 e. The van der Waals surface area contributed by atoms with Crippen LogP contribution in [0.4, 0.5) is 0 Å². The van der Waals surface area contributed by atoms with Gasteiger partial charge in [0.2, 0.25) is 0 Å². The minimum atomic E-state index is 0.300. The van der Waals surface area contributed by atoms with Gasteiger partial charge in [-0.2, -0.15) is 0 Å². The molecule has 1 heterocycles. The maximum Gasteiger partial charge on any atom is 0.126 e. The third-order valence-electron chi connectivity index (χ3n) is 2.84. The Kier molecular flexibility index (Phi) is 4.18. The van der Waals surface area contributed by atoms with E-state index in [1.54, 1.807) is 7.11 Å². The van der Waals surface area contributed by atoms with E-state index in [0.717, 1.165) is 31.1 Å². The van der Waals surface area contributed by atoms with E-state index in [0.29, 0.717) is 6.04 Å². The topological polar surface area (TPSA) is 30.5 Å². The van der Waals surface area contributed by atoms with E-state index in [1.165, 1.54) is 5.56 Å². The Balaban J connectivity index is 2.10. The molecule has 1 aliphatic heterocycles. The smallest absolute Gasteiger partial charge is 0.126 e. The number of methoxy groups -OCH3 is 1. The summed E-state index contributed by atoms with van der Waals surface area (Å²) in [4.78, 5) is 0. The fourth-order valence-electron chi connectivity index (χ4n) is 1.91. The maximum atomic E-state index is 5.41. The van der Waals surface area contributed by atoms with Gasteiger partial charge < -0.3 is 14.8 Å². The number of hydrogen-bond acceptors (Lipinski definition) is 3. The molecule has 0 aliphatic carbocycles. The second kappa shape index (κ2) is 5.84. The summed E-state index contributed by atoms with van der Waals surface area (Å²) in [5.74, 6) is 0.906. The van der Waals surface area contributed by atoms with E-state index in [1.807, 2.05) is 6.07 Å². The summed E-state index contributed by atoms with van der Waals surface area (Å²) in [6, 6.07) is 6.48. The third kappa shape index (κ3) is 3.32. The average molecular weight is 233 g/mol. The minimum absolute atomic E-state index is 0.300. The van der Waals surface area contributed by atoms with Crippen LogP contribution < -0.4 is 10.1 Å². The molecule has 1 aliphatic rings. The molecule has 3 nitrogen and oxygen atoms in total. The molecule has 1 N–H and O–H groups in total. The van der Waals surface area contributed by atoms with Gasteiger partial charge in [0.25, 0.3) is 0 Å². The number of ether oxygens (including phenoxy) is 2. The quantitative estimate of drug-likeness (QED) is 0.866. The van der Waals surface area contributed by atoms with Crippen LogP contribution in [0.3, 0.4) is 0 Å². The SMILES string of the molecule is COc1ccc(C)cc1/C=C/C1COCCN1. The number of morpholine rings is 1. The normalized spacial score (nSPS) is 20.7. The lowest BCUT2D eigenvalue weighted by Crippen LogP contribution is -2.39. The highest BCUT2D eigenvalue weighted by molar-refractivity contribution is 5.58. The van der Waals surface area contributed by atoms with E-state index in [4.69, 9.17) is 9.47 Å². The molecule has 0 saturated carbocycles. The molecule has 1 fully saturated rings. The van der Waals surface area contributed by atoms with Crippen molar-refractivity contribution < 1.29 is 9.47 Å². The first-order chi connectivity index (χ1) is 8.29. The second-order valence-electron chi connectivity index (χ2n) is 4.24. The zero-order valence-electron chi connectivity index (χ0n) is 10.4. The molecule has 0 radical (unpaired) electrons. The van der Waals surface area contributed by atoms with Crippen LogP contribution in [0.5, 0.6) is 5.75 Å². The van der Waals surface area contributed by atoms with Crippen molar-refractivity contribution in [3.63, 3.8) is 0 Å². The zero-order chi connectivity index (χ0) is 12.1. The molecular formula is C14H19NO2. The molecule has 0 amide bonds. The van der Waals surface area contributed by atoms with Crippen LogP contribution in [0.25, 0.3) is 6.08 Å². The molecule has 1 aromatic rings. The van der Waals surface area contributed by atoms with Gasteiger partial charge in [-0.05, 0) is 19.1 Å². The van der Waals surface area contributed by atoms with Gasteiger partial charge in [0.1, 0.15) is 5.75 Å². The average Bonchev–Trinajstić information content (AvgIpc) is 2.38. The first-order valence-corrected chi connectivity index (χ1v) is 5.93. The van der Waals surface area contributed by atoms with Crippen LogP contribution in [0.1, 0.15) is 11.1 Å². The van der Waals surface area contributed by atoms with Crippen LogP contribution in [0.15, 0.2) is 24.3 Å². The molecule has 0 aromatic heterocycles. The maximum absolute atomic E-state index is 5.41. The molecule has 0 spiro atoms. The second-order valence-corrected chi connectivity index (χ2v) is 4.24. The summed E-state index contributed by atoms with van der Waals surface area (Å²) in [6.45, 7) is 4.54. The Morgan fingerprint density at radius 2 is 2.35 bits per heavy atom. The Morgan fingerprint density at radius 3 is 3.06 bits per heavy atom. The van der Waals surface area contributed by atoms with Gasteiger partial charge in [-0.1, -0.05) is 23.8 Å². The fourth-order valence-corrected chi connectivity index (χ4v) is 1.91. The number of hydrogen-bond donors (Lipinski definition) is 1. The highest BCUT2D eigenvalue weighted by Gasteiger charge is 2.09. The molecule has 1 saturated heterocycles. The van der Waals surface area contributed by atoms with Crippen molar-refractivity contribution in [2.75, 3.05) is 26.9 Å². The summed E-state index contributed by atoms with van der Waals surface area (Å²) in [5.41, 5.74) is 2.35. The van der Waals surface area contributed by atoms with Crippen molar-refractivity contribution in [2.24, 2.45) is 0 Å². The van der Waals surface area contributed by atoms with Crippen LogP contribution in [-0.4, -0.2) is 32.9 Å². The lowest BCUT2D eigenvalue weighted by atomic mass is 10.1. The third-order valence-corrected chi connectivity index (χ3v) is 2.84. The number of nitrogens with one attached hydrogen (secondary N) is 1. The van der Waals surface area contributed by atoms with Crippen molar-refractivity contribution in [3.05, 3.63) is 35.4 Å². The summed E-state index contributed by atoms with van der Waals surface area (Å²) < 4.78 is 10.7. The Labute approximate surface area is 102 Å². The zero-order valence-corrected chi connectivity index (χ0v) is 10.4. The van der Waals surface area contributed by atoms with Crippen LogP contribution in [-0.2, 0) is 4.74 Å². The van der Waals surface area contributed by atoms with Crippen LogP contribution in [0.2, 0.25) is 0 Å². The van der Waals surface area contributed by atoms with Crippen molar-refractivity contribution in [1.29, 1.82) is 0 Å². The molecule has 1 atom stereocenters. The minimum Gasteiger partial charge on any atom is -0.496 e. The predicted octanol–water partition coefficient (Wildman–Crippen LogP) is 2.01. The number of rotatable bonds is 3. The highest BCUT2D eigenvalue weighted by atomic mass is 16.5. The van der Waals surface area contributed by atoms with Gasteiger partial charge in [-0.15, -0.1) is 0 Å². The fraction of sp³-hybridized carbons (Fsp3) is 0.429. The Bertz CT molecular complexity index is 395. The van der Waals surface area contributed by atoms with Crippen molar-refractivity contribution >= 4 is 6.08 Å². The summed E-state index contributed by atoms with van der Waals surface area (Å²) in [7, 11) is 1.70. The van der Waals surface area contributed by atoms with Gasteiger partial charge in [-0.25, -0.2) is 0 Å². The van der Waals surface area contributed by atoms with Crippen molar-refractivity contribution in [2.45, 2.75) is 13.0 Å². The summed E-state index contributed by atoms with van der Waals surface area (Å²) >= 11 is 0. The number of benzene rings is 1. The van der Waals surface area contributed by atoms with E-state index in [9.17, 15) is 0 Å². The first kappa shape index (κ1) is 12.1. The molecule has 0 bridgehead atoms. The van der Waals surface area contributed by atoms with Gasteiger partial charge >= 0.3 is 0 Å². The standard InChI is InChI=1S/C14H19NO2/c1-11-3-6-14(16-2)12(9-11)4-5-13-10-17-8-7-15-13/h3-6,9,13,15H,7-8,10H2,1-2H3/b5-4+. The predicted molar refractivity (Wildman–Crippen MR) is 69.4 cm³/mol. The number of aryl methyl sites for hydroxylation is 1. The van der Waals surface area contributed by atoms with E-state index in [2.05, 4.69) is 36.5 Å². The van der Waals surface area contributed by atoms with Gasteiger partial charge in [0, 0.05) is 18.2 Å². The summed E-state index contributed by atoms with van der Waals surface area (Å²) in [5, 5.41) is 3.39. The molecule has 1 aromatic carbocycles. The molecular weight excluding hydrogens is 214 g/mol. The van der Waals surface area contributed by atoms with Crippen LogP contribution >= 0.6 is 0 Å². The van der Waals surface area contributed by atoms with Gasteiger partial charge in [0.05, 0.1) is 20.3 Å². The molecule has 1 unspecified atom stereocenters. The molecule has 2 rings (SSSR count).